The van der Waals surface area contributed by atoms with Crippen LogP contribution in [0.3, 0.4) is 0 Å². The minimum absolute atomic E-state index is 0.0558. The zero-order valence-corrected chi connectivity index (χ0v) is 16.9. The van der Waals surface area contributed by atoms with E-state index in [1.54, 1.807) is 23.1 Å². The van der Waals surface area contributed by atoms with Crippen LogP contribution in [-0.2, 0) is 14.4 Å². The van der Waals surface area contributed by atoms with Crippen LogP contribution in [0.15, 0.2) is 36.4 Å². The second-order valence-corrected chi connectivity index (χ2v) is 8.74. The van der Waals surface area contributed by atoms with Gasteiger partial charge in [0.2, 0.25) is 17.7 Å². The monoisotopic (exact) mass is 411 g/mol. The highest BCUT2D eigenvalue weighted by Gasteiger charge is 2.56. The molecule has 0 radical (unpaired) electrons. The molecule has 2 heterocycles. The number of hydrogen-bond donors (Lipinski definition) is 0. The summed E-state index contributed by atoms with van der Waals surface area (Å²) in [5.41, 5.74) is 0.559. The van der Waals surface area contributed by atoms with Crippen LogP contribution >= 0.6 is 0 Å². The van der Waals surface area contributed by atoms with Gasteiger partial charge in [0.05, 0.1) is 17.5 Å². The Labute approximate surface area is 175 Å². The van der Waals surface area contributed by atoms with E-state index < -0.39 is 0 Å². The average Bonchev–Trinajstić information content (AvgIpc) is 3.05. The number of carbonyl (C=O) groups excluding carboxylic acids is 3. The van der Waals surface area contributed by atoms with Crippen molar-refractivity contribution in [2.75, 3.05) is 37.6 Å². The molecule has 158 valence electrons. The molecule has 1 saturated carbocycles. The lowest BCUT2D eigenvalue weighted by Crippen LogP contribution is -2.49. The molecule has 30 heavy (non-hydrogen) atoms. The molecule has 0 spiro atoms. The van der Waals surface area contributed by atoms with Crippen molar-refractivity contribution in [2.24, 2.45) is 23.7 Å². The Bertz CT molecular complexity index is 877. The number of halogens is 1. The van der Waals surface area contributed by atoms with E-state index in [2.05, 4.69) is 12.2 Å². The summed E-state index contributed by atoms with van der Waals surface area (Å²) in [6.07, 6.45) is 6.30. The summed E-state index contributed by atoms with van der Waals surface area (Å²) >= 11 is 0. The quantitative estimate of drug-likeness (QED) is 0.562. The number of likely N-dealkylation sites (tertiary alicyclic amines) is 1. The van der Waals surface area contributed by atoms with Gasteiger partial charge in [-0.2, -0.15) is 0 Å². The molecule has 3 fully saturated rings. The van der Waals surface area contributed by atoms with E-state index >= 15 is 0 Å². The standard InChI is InChI=1S/C23H26FN3O3/c24-17-3-1-2-4-18(17)25-11-13-26(14-12-25)19(28)9-10-27-22(29)20-15-5-6-16(8-7-15)21(20)23(27)30/h1-6,15-16,20-21H,7-14H2/t15-,16-,20+,21+/m0/s1. The fourth-order valence-electron chi connectivity index (χ4n) is 5.63. The highest BCUT2D eigenvalue weighted by Crippen LogP contribution is 2.49. The van der Waals surface area contributed by atoms with Crippen molar-refractivity contribution in [1.29, 1.82) is 0 Å². The maximum Gasteiger partial charge on any atom is 0.233 e. The topological polar surface area (TPSA) is 60.9 Å². The number of fused-ring (bicyclic) bond motifs is 1. The van der Waals surface area contributed by atoms with E-state index in [-0.39, 0.29) is 60.2 Å². The van der Waals surface area contributed by atoms with E-state index in [1.165, 1.54) is 11.0 Å². The van der Waals surface area contributed by atoms with Gasteiger partial charge in [-0.15, -0.1) is 0 Å². The fraction of sp³-hybridized carbons (Fsp3) is 0.522. The Balaban J connectivity index is 1.16. The van der Waals surface area contributed by atoms with Crippen LogP contribution in [0.1, 0.15) is 19.3 Å². The number of allylic oxidation sites excluding steroid dienone is 2. The van der Waals surface area contributed by atoms with Crippen molar-refractivity contribution >= 4 is 23.4 Å². The third-order valence-corrected chi connectivity index (χ3v) is 7.23. The average molecular weight is 411 g/mol. The molecular formula is C23H26FN3O3. The zero-order chi connectivity index (χ0) is 20.8. The van der Waals surface area contributed by atoms with Crippen molar-refractivity contribution in [3.05, 3.63) is 42.2 Å². The zero-order valence-electron chi connectivity index (χ0n) is 16.9. The molecule has 2 saturated heterocycles. The second-order valence-electron chi connectivity index (χ2n) is 8.74. The fourth-order valence-corrected chi connectivity index (χ4v) is 5.63. The number of para-hydroxylation sites is 1. The van der Waals surface area contributed by atoms with Gasteiger partial charge in [-0.05, 0) is 36.8 Å². The Hall–Kier alpha value is -2.70. The Morgan fingerprint density at radius 1 is 0.933 bits per heavy atom. The molecule has 6 rings (SSSR count). The van der Waals surface area contributed by atoms with Gasteiger partial charge in [0.15, 0.2) is 0 Å². The van der Waals surface area contributed by atoms with Gasteiger partial charge in [0, 0.05) is 39.1 Å². The van der Waals surface area contributed by atoms with Crippen molar-refractivity contribution in [3.8, 4) is 0 Å². The van der Waals surface area contributed by atoms with Crippen molar-refractivity contribution in [3.63, 3.8) is 0 Å². The van der Waals surface area contributed by atoms with Gasteiger partial charge < -0.3 is 9.80 Å². The number of rotatable bonds is 4. The molecule has 4 atom stereocenters. The predicted octanol–water partition coefficient (Wildman–Crippen LogP) is 2.06. The Morgan fingerprint density at radius 2 is 1.53 bits per heavy atom. The first-order valence-corrected chi connectivity index (χ1v) is 10.9. The number of nitrogens with zero attached hydrogens (tertiary/aromatic N) is 3. The first kappa shape index (κ1) is 19.3. The molecule has 0 aromatic heterocycles. The third kappa shape index (κ3) is 3.11. The Morgan fingerprint density at radius 3 is 2.10 bits per heavy atom. The van der Waals surface area contributed by atoms with E-state index in [4.69, 9.17) is 0 Å². The highest BCUT2D eigenvalue weighted by atomic mass is 19.1. The summed E-state index contributed by atoms with van der Waals surface area (Å²) in [5.74, 6) is -0.607. The van der Waals surface area contributed by atoms with E-state index in [0.717, 1.165) is 12.8 Å². The number of benzene rings is 1. The lowest BCUT2D eigenvalue weighted by molar-refractivity contribution is -0.141. The molecule has 1 aromatic carbocycles. The third-order valence-electron chi connectivity index (χ3n) is 7.23. The summed E-state index contributed by atoms with van der Waals surface area (Å²) in [6, 6.07) is 6.66. The molecule has 0 unspecified atom stereocenters. The van der Waals surface area contributed by atoms with Crippen LogP contribution in [0.25, 0.3) is 0 Å². The first-order chi connectivity index (χ1) is 14.5. The number of hydrogen-bond acceptors (Lipinski definition) is 4. The van der Waals surface area contributed by atoms with Gasteiger partial charge in [0.25, 0.3) is 0 Å². The maximum atomic E-state index is 14.0. The molecule has 3 aliphatic carbocycles. The Kier molecular flexibility index (Phi) is 4.83. The molecule has 1 aromatic rings. The van der Waals surface area contributed by atoms with Crippen LogP contribution < -0.4 is 4.90 Å². The van der Waals surface area contributed by atoms with Crippen LogP contribution in [0.4, 0.5) is 10.1 Å². The van der Waals surface area contributed by atoms with E-state index in [1.807, 2.05) is 4.90 Å². The summed E-state index contributed by atoms with van der Waals surface area (Å²) in [7, 11) is 0. The van der Waals surface area contributed by atoms with E-state index in [0.29, 0.717) is 31.9 Å². The van der Waals surface area contributed by atoms with Crippen molar-refractivity contribution < 1.29 is 18.8 Å². The molecule has 6 nitrogen and oxygen atoms in total. The SMILES string of the molecule is O=C(CCN1C(=O)[C@H]2[C@H](C1=O)[C@H]1C=C[C@H]2CC1)N1CCN(c2ccccc2F)CC1. The van der Waals surface area contributed by atoms with Crippen LogP contribution in [-0.4, -0.2) is 60.2 Å². The smallest absolute Gasteiger partial charge is 0.233 e. The van der Waals surface area contributed by atoms with Crippen molar-refractivity contribution in [1.82, 2.24) is 9.80 Å². The largest absolute Gasteiger partial charge is 0.366 e. The second kappa shape index (κ2) is 7.52. The van der Waals surface area contributed by atoms with Crippen molar-refractivity contribution in [2.45, 2.75) is 19.3 Å². The predicted molar refractivity (Wildman–Crippen MR) is 109 cm³/mol. The first-order valence-electron chi connectivity index (χ1n) is 10.9. The minimum atomic E-state index is -0.256. The lowest BCUT2D eigenvalue weighted by Gasteiger charge is -2.38. The van der Waals surface area contributed by atoms with Gasteiger partial charge in [-0.1, -0.05) is 24.3 Å². The van der Waals surface area contributed by atoms with Gasteiger partial charge in [0.1, 0.15) is 5.82 Å². The highest BCUT2D eigenvalue weighted by molar-refractivity contribution is 6.06. The molecule has 3 amide bonds. The summed E-state index contributed by atoms with van der Waals surface area (Å²) in [5, 5.41) is 0. The van der Waals surface area contributed by atoms with Gasteiger partial charge in [-0.25, -0.2) is 4.39 Å². The number of piperazine rings is 1. The number of anilines is 1. The molecule has 2 aliphatic heterocycles. The lowest BCUT2D eigenvalue weighted by atomic mass is 9.63. The van der Waals surface area contributed by atoms with Gasteiger partial charge >= 0.3 is 0 Å². The van der Waals surface area contributed by atoms with Crippen LogP contribution in [0.5, 0.6) is 0 Å². The number of amides is 3. The summed E-state index contributed by atoms with van der Waals surface area (Å²) in [6.45, 7) is 2.31. The molecule has 2 bridgehead atoms. The normalized spacial score (nSPS) is 30.2. The summed E-state index contributed by atoms with van der Waals surface area (Å²) in [4.78, 5) is 43.5. The molecule has 7 heteroatoms. The molecule has 0 N–H and O–H groups in total. The number of carbonyl (C=O) groups is 3. The van der Waals surface area contributed by atoms with E-state index in [9.17, 15) is 18.8 Å². The van der Waals surface area contributed by atoms with Gasteiger partial charge in [-0.3, -0.25) is 19.3 Å². The van der Waals surface area contributed by atoms with Crippen LogP contribution in [0, 0.1) is 29.5 Å². The maximum absolute atomic E-state index is 14.0. The molecule has 5 aliphatic rings. The number of imide groups is 1. The minimum Gasteiger partial charge on any atom is -0.366 e. The summed E-state index contributed by atoms with van der Waals surface area (Å²) < 4.78 is 14.0. The molecular weight excluding hydrogens is 385 g/mol. The van der Waals surface area contributed by atoms with Crippen LogP contribution in [0.2, 0.25) is 0 Å².